The van der Waals surface area contributed by atoms with Gasteiger partial charge in [0.1, 0.15) is 12.1 Å². The molecular formula is C14H11N3O3. The molecule has 1 aromatic heterocycles. The molecule has 0 radical (unpaired) electrons. The zero-order chi connectivity index (χ0) is 14.4. The highest BCUT2D eigenvalue weighted by molar-refractivity contribution is 5.93. The van der Waals surface area contributed by atoms with Crippen LogP contribution in [0.1, 0.15) is 16.1 Å². The molecule has 2 aromatic rings. The molecule has 1 aromatic carbocycles. The second-order valence-electron chi connectivity index (χ2n) is 3.78. The van der Waals surface area contributed by atoms with Gasteiger partial charge in [0.2, 0.25) is 5.91 Å². The first-order valence-corrected chi connectivity index (χ1v) is 5.71. The molecule has 0 aliphatic carbocycles. The molecule has 0 saturated heterocycles. The number of nitrogens with zero attached hydrogens (tertiary/aromatic N) is 2. The number of nitrogens with two attached hydrogens (primary N) is 1. The van der Waals surface area contributed by atoms with E-state index in [0.717, 1.165) is 0 Å². The van der Waals surface area contributed by atoms with Crippen LogP contribution in [0.4, 0.5) is 0 Å². The fourth-order valence-corrected chi connectivity index (χ4v) is 1.42. The minimum Gasteiger partial charge on any atom is -0.423 e. The highest BCUT2D eigenvalue weighted by Crippen LogP contribution is 2.13. The normalized spacial score (nSPS) is 10.4. The molecule has 0 atom stereocenters. The van der Waals surface area contributed by atoms with Crippen LogP contribution in [0.3, 0.4) is 0 Å². The average molecular weight is 269 g/mol. The van der Waals surface area contributed by atoms with Crippen LogP contribution < -0.4 is 10.5 Å². The van der Waals surface area contributed by atoms with Gasteiger partial charge >= 0.3 is 5.97 Å². The van der Waals surface area contributed by atoms with Crippen molar-refractivity contribution in [2.24, 2.45) is 5.73 Å². The summed E-state index contributed by atoms with van der Waals surface area (Å²) in [5.41, 5.74) is 6.00. The number of rotatable bonds is 4. The van der Waals surface area contributed by atoms with Crippen molar-refractivity contribution in [1.82, 2.24) is 9.97 Å². The molecule has 100 valence electrons. The molecular weight excluding hydrogens is 258 g/mol. The number of benzene rings is 1. The minimum absolute atomic E-state index is 0.249. The highest BCUT2D eigenvalue weighted by Gasteiger charge is 2.04. The van der Waals surface area contributed by atoms with E-state index in [1.165, 1.54) is 30.6 Å². The molecule has 0 aliphatic heterocycles. The summed E-state index contributed by atoms with van der Waals surface area (Å²) < 4.78 is 5.05. The maximum atomic E-state index is 11.6. The third kappa shape index (κ3) is 3.74. The summed E-state index contributed by atoms with van der Waals surface area (Å²) >= 11 is 0. The first kappa shape index (κ1) is 13.4. The van der Waals surface area contributed by atoms with Crippen molar-refractivity contribution in [1.29, 1.82) is 0 Å². The molecule has 6 heteroatoms. The molecule has 0 saturated carbocycles. The zero-order valence-electron chi connectivity index (χ0n) is 10.4. The second kappa shape index (κ2) is 6.24. The van der Waals surface area contributed by atoms with E-state index in [1.807, 2.05) is 0 Å². The molecule has 1 amide bonds. The lowest BCUT2D eigenvalue weighted by molar-refractivity contribution is -0.128. The maximum Gasteiger partial charge on any atom is 0.336 e. The Balaban J connectivity index is 2.03. The van der Waals surface area contributed by atoms with Crippen molar-refractivity contribution >= 4 is 18.0 Å². The van der Waals surface area contributed by atoms with Crippen molar-refractivity contribution < 1.29 is 14.3 Å². The van der Waals surface area contributed by atoms with Crippen LogP contribution in [0.5, 0.6) is 5.75 Å². The third-order valence-electron chi connectivity index (χ3n) is 2.33. The molecule has 0 bridgehead atoms. The Morgan fingerprint density at radius 2 is 2.10 bits per heavy atom. The molecule has 2 rings (SSSR count). The third-order valence-corrected chi connectivity index (χ3v) is 2.33. The Bertz CT molecular complexity index is 654. The zero-order valence-corrected chi connectivity index (χ0v) is 10.4. The van der Waals surface area contributed by atoms with Crippen molar-refractivity contribution in [3.05, 3.63) is 60.2 Å². The molecule has 0 spiro atoms. The Hall–Kier alpha value is -3.02. The summed E-state index contributed by atoms with van der Waals surface area (Å²) in [5, 5.41) is 0. The van der Waals surface area contributed by atoms with E-state index in [4.69, 9.17) is 10.5 Å². The molecule has 20 heavy (non-hydrogen) atoms. The van der Waals surface area contributed by atoms with Gasteiger partial charge in [-0.3, -0.25) is 4.79 Å². The number of esters is 1. The van der Waals surface area contributed by atoms with Crippen LogP contribution in [0.15, 0.2) is 48.9 Å². The van der Waals surface area contributed by atoms with E-state index in [2.05, 4.69) is 9.97 Å². The number of hydrogen-bond donors (Lipinski definition) is 1. The van der Waals surface area contributed by atoms with Crippen LogP contribution in [0.2, 0.25) is 0 Å². The van der Waals surface area contributed by atoms with Crippen molar-refractivity contribution in [3.63, 3.8) is 0 Å². The highest BCUT2D eigenvalue weighted by atomic mass is 16.5. The van der Waals surface area contributed by atoms with E-state index in [-0.39, 0.29) is 11.3 Å². The molecule has 0 unspecified atom stereocenters. The summed E-state index contributed by atoms with van der Waals surface area (Å²) in [4.78, 5) is 30.3. The summed E-state index contributed by atoms with van der Waals surface area (Å²) in [6, 6.07) is 7.73. The smallest absolute Gasteiger partial charge is 0.336 e. The van der Waals surface area contributed by atoms with Gasteiger partial charge in [0, 0.05) is 17.8 Å². The minimum atomic E-state index is -0.584. The van der Waals surface area contributed by atoms with Crippen molar-refractivity contribution in [2.45, 2.75) is 0 Å². The van der Waals surface area contributed by atoms with E-state index >= 15 is 0 Å². The van der Waals surface area contributed by atoms with Gasteiger partial charge in [0.25, 0.3) is 0 Å². The summed E-state index contributed by atoms with van der Waals surface area (Å²) in [5.74, 6) is -0.914. The molecule has 0 fully saturated rings. The number of carbonyl (C=O) groups is 2. The van der Waals surface area contributed by atoms with Gasteiger partial charge in [0.15, 0.2) is 0 Å². The van der Waals surface area contributed by atoms with Crippen LogP contribution in [-0.2, 0) is 4.79 Å². The Morgan fingerprint density at radius 3 is 2.80 bits per heavy atom. The lowest BCUT2D eigenvalue weighted by atomic mass is 10.2. The van der Waals surface area contributed by atoms with Gasteiger partial charge in [-0.2, -0.15) is 0 Å². The lowest BCUT2D eigenvalue weighted by Crippen LogP contribution is -2.11. The van der Waals surface area contributed by atoms with E-state index < -0.39 is 11.9 Å². The monoisotopic (exact) mass is 269 g/mol. The largest absolute Gasteiger partial charge is 0.423 e. The first-order valence-electron chi connectivity index (χ1n) is 5.71. The van der Waals surface area contributed by atoms with Crippen LogP contribution in [-0.4, -0.2) is 21.8 Å². The van der Waals surface area contributed by atoms with Gasteiger partial charge < -0.3 is 10.5 Å². The molecule has 2 N–H and O–H groups in total. The second-order valence-corrected chi connectivity index (χ2v) is 3.78. The lowest BCUT2D eigenvalue weighted by Gasteiger charge is -2.02. The Labute approximate surface area is 114 Å². The number of aromatic nitrogens is 2. The predicted octanol–water partition coefficient (Wildman–Crippen LogP) is 1.19. The quantitative estimate of drug-likeness (QED) is 0.511. The summed E-state index contributed by atoms with van der Waals surface area (Å²) in [6.45, 7) is 0. The standard InChI is InChI=1S/C14H11N3O3/c15-14(19)10-2-1-3-12(8-10)20-13(18)5-4-11-6-7-16-9-17-11/h1-9H,(H2,15,19)/b5-4+. The van der Waals surface area contributed by atoms with E-state index in [9.17, 15) is 9.59 Å². The molecule has 0 aliphatic rings. The summed E-state index contributed by atoms with van der Waals surface area (Å²) in [6.07, 6.45) is 5.68. The van der Waals surface area contributed by atoms with Crippen LogP contribution >= 0.6 is 0 Å². The van der Waals surface area contributed by atoms with Gasteiger partial charge in [-0.05, 0) is 30.3 Å². The number of ether oxygens (including phenoxy) is 1. The number of primary amides is 1. The van der Waals surface area contributed by atoms with E-state index in [0.29, 0.717) is 5.69 Å². The number of amides is 1. The van der Waals surface area contributed by atoms with Gasteiger partial charge in [0.05, 0.1) is 5.69 Å². The molecule has 1 heterocycles. The SMILES string of the molecule is NC(=O)c1cccc(OC(=O)/C=C/c2ccncn2)c1. The van der Waals surface area contributed by atoms with Crippen LogP contribution in [0.25, 0.3) is 6.08 Å². The topological polar surface area (TPSA) is 95.2 Å². The van der Waals surface area contributed by atoms with E-state index in [1.54, 1.807) is 24.4 Å². The Morgan fingerprint density at radius 1 is 1.25 bits per heavy atom. The van der Waals surface area contributed by atoms with Gasteiger partial charge in [-0.25, -0.2) is 14.8 Å². The maximum absolute atomic E-state index is 11.6. The predicted molar refractivity (Wildman–Crippen MR) is 71.7 cm³/mol. The fraction of sp³-hybridized carbons (Fsp3) is 0. The fourth-order valence-electron chi connectivity index (χ4n) is 1.42. The van der Waals surface area contributed by atoms with Crippen molar-refractivity contribution in [2.75, 3.05) is 0 Å². The molecule has 6 nitrogen and oxygen atoms in total. The summed E-state index contributed by atoms with van der Waals surface area (Å²) in [7, 11) is 0. The Kier molecular flexibility index (Phi) is 4.18. The van der Waals surface area contributed by atoms with Gasteiger partial charge in [-0.1, -0.05) is 6.07 Å². The number of hydrogen-bond acceptors (Lipinski definition) is 5. The first-order chi connectivity index (χ1) is 9.65. The van der Waals surface area contributed by atoms with Crippen molar-refractivity contribution in [3.8, 4) is 5.75 Å². The average Bonchev–Trinajstić information content (AvgIpc) is 2.46. The van der Waals surface area contributed by atoms with Gasteiger partial charge in [-0.15, -0.1) is 0 Å². The number of carbonyl (C=O) groups excluding carboxylic acids is 2. The van der Waals surface area contributed by atoms with Crippen LogP contribution in [0, 0.1) is 0 Å².